The van der Waals surface area contributed by atoms with E-state index < -0.39 is 0 Å². The number of rotatable bonds is 4. The molecule has 0 nitrogen and oxygen atoms in total. The highest BCUT2D eigenvalue weighted by Crippen LogP contribution is 2.55. The molecule has 0 saturated heterocycles. The average molecular weight is 297 g/mol. The van der Waals surface area contributed by atoms with Crippen LogP contribution in [0.3, 0.4) is 0 Å². The number of hydrogen-bond donors (Lipinski definition) is 0. The van der Waals surface area contributed by atoms with Crippen molar-refractivity contribution in [2.45, 2.75) is 101 Å². The van der Waals surface area contributed by atoms with E-state index in [1.54, 1.807) is 19.3 Å². The highest BCUT2D eigenvalue weighted by atomic mass is 14.5. The first-order valence-corrected chi connectivity index (χ1v) is 9.94. The Bertz CT molecular complexity index is 239. The molecule has 3 fully saturated rings. The lowest BCUT2D eigenvalue weighted by Crippen LogP contribution is -2.14. The van der Waals surface area contributed by atoms with Crippen LogP contribution in [0, 0.1) is 35.0 Å². The van der Waals surface area contributed by atoms with Gasteiger partial charge in [0.15, 0.2) is 0 Å². The predicted molar refractivity (Wildman–Crippen MR) is 98.7 cm³/mol. The van der Waals surface area contributed by atoms with E-state index in [2.05, 4.69) is 34.6 Å². The molecule has 128 valence electrons. The molecule has 0 aromatic rings. The third-order valence-electron chi connectivity index (χ3n) is 5.59. The monoisotopic (exact) mass is 296 g/mol. The summed E-state index contributed by atoms with van der Waals surface area (Å²) in [5.74, 6) is 5.45. The highest BCUT2D eigenvalue weighted by molar-refractivity contribution is 4.96. The molecule has 0 spiro atoms. The smallest absolute Gasteiger partial charge is 0.0326 e. The molecule has 21 heavy (non-hydrogen) atoms. The Morgan fingerprint density at radius 3 is 1.62 bits per heavy atom. The van der Waals surface area contributed by atoms with Gasteiger partial charge < -0.3 is 0 Å². The minimum absolute atomic E-state index is 0.611. The van der Waals surface area contributed by atoms with Gasteiger partial charge in [-0.3, -0.25) is 0 Å². The fourth-order valence-electron chi connectivity index (χ4n) is 3.52. The lowest BCUT2D eigenvalue weighted by Gasteiger charge is -2.23. The summed E-state index contributed by atoms with van der Waals surface area (Å²) in [6.07, 6.45) is 8.99. The zero-order valence-electron chi connectivity index (χ0n) is 16.6. The van der Waals surface area contributed by atoms with Gasteiger partial charge in [0, 0.05) is 0 Å². The Hall–Kier alpha value is 0. The van der Waals surface area contributed by atoms with Crippen molar-refractivity contribution in [2.75, 3.05) is 0 Å². The fourth-order valence-corrected chi connectivity index (χ4v) is 3.52. The van der Waals surface area contributed by atoms with Gasteiger partial charge in [-0.1, -0.05) is 68.7 Å². The summed E-state index contributed by atoms with van der Waals surface area (Å²) in [5.41, 5.74) is 0.611. The van der Waals surface area contributed by atoms with Crippen LogP contribution >= 0.6 is 0 Å². The maximum atomic E-state index is 2.43. The van der Waals surface area contributed by atoms with Crippen LogP contribution in [-0.2, 0) is 0 Å². The van der Waals surface area contributed by atoms with Gasteiger partial charge in [0.05, 0.1) is 0 Å². The molecule has 0 radical (unpaired) electrons. The Balaban J connectivity index is 0.000000363. The van der Waals surface area contributed by atoms with Crippen LogP contribution in [0.5, 0.6) is 0 Å². The van der Waals surface area contributed by atoms with E-state index in [1.165, 1.54) is 31.1 Å². The van der Waals surface area contributed by atoms with E-state index in [9.17, 15) is 0 Å². The third kappa shape index (κ3) is 7.20. The molecule has 3 saturated carbocycles. The second-order valence-electron chi connectivity index (χ2n) is 7.91. The van der Waals surface area contributed by atoms with Crippen LogP contribution in [0.1, 0.15) is 101 Å². The first-order chi connectivity index (χ1) is 9.94. The van der Waals surface area contributed by atoms with E-state index in [1.807, 2.05) is 27.7 Å². The molecule has 0 aromatic carbocycles. The molecule has 0 N–H and O–H groups in total. The van der Waals surface area contributed by atoms with Crippen LogP contribution in [0.2, 0.25) is 0 Å². The summed E-state index contributed by atoms with van der Waals surface area (Å²) in [4.78, 5) is 0. The quantitative estimate of drug-likeness (QED) is 0.501. The molecule has 0 aromatic heterocycles. The van der Waals surface area contributed by atoms with Crippen LogP contribution < -0.4 is 0 Å². The van der Waals surface area contributed by atoms with Crippen molar-refractivity contribution in [1.82, 2.24) is 0 Å². The van der Waals surface area contributed by atoms with Gasteiger partial charge in [0.2, 0.25) is 0 Å². The first-order valence-electron chi connectivity index (χ1n) is 9.94. The molecule has 3 aliphatic carbocycles. The summed E-state index contributed by atoms with van der Waals surface area (Å²) in [6, 6.07) is 0. The van der Waals surface area contributed by atoms with Gasteiger partial charge in [0.1, 0.15) is 0 Å². The molecule has 0 aliphatic heterocycles. The Labute approximate surface area is 136 Å². The standard InChI is InChI=1S/C12H24.C5H8.2C2H6/c1-6-12(4,5)11-8-10(11)7-9(2)3;1-2-5-3-4(1)5;2*1-2/h9-11H,6-8H2,1-5H3;4-5H,1-3H2;2*1-2H3. The maximum Gasteiger partial charge on any atom is -0.0326 e. The average Bonchev–Trinajstić information content (AvgIpc) is 3.33. The summed E-state index contributed by atoms with van der Waals surface area (Å²) >= 11 is 0. The Kier molecular flexibility index (Phi) is 9.90. The van der Waals surface area contributed by atoms with Crippen molar-refractivity contribution in [3.05, 3.63) is 0 Å². The predicted octanol–water partition coefficient (Wildman–Crippen LogP) is 7.57. The van der Waals surface area contributed by atoms with Crippen molar-refractivity contribution in [3.63, 3.8) is 0 Å². The molecule has 4 atom stereocenters. The Morgan fingerprint density at radius 1 is 0.905 bits per heavy atom. The second kappa shape index (κ2) is 9.90. The largest absolute Gasteiger partial charge is 0.0683 e. The zero-order chi connectivity index (χ0) is 16.6. The summed E-state index contributed by atoms with van der Waals surface area (Å²) in [5, 5.41) is 0. The summed E-state index contributed by atoms with van der Waals surface area (Å²) in [7, 11) is 0. The van der Waals surface area contributed by atoms with E-state index in [0.29, 0.717) is 5.41 Å². The van der Waals surface area contributed by atoms with Crippen molar-refractivity contribution in [2.24, 2.45) is 35.0 Å². The lowest BCUT2D eigenvalue weighted by molar-refractivity contribution is 0.272. The molecular formula is C21H44. The van der Waals surface area contributed by atoms with Crippen molar-refractivity contribution < 1.29 is 0 Å². The molecule has 0 heterocycles. The van der Waals surface area contributed by atoms with Crippen LogP contribution in [-0.4, -0.2) is 0 Å². The molecular weight excluding hydrogens is 252 g/mol. The van der Waals surface area contributed by atoms with Gasteiger partial charge in [0.25, 0.3) is 0 Å². The Morgan fingerprint density at radius 2 is 1.38 bits per heavy atom. The summed E-state index contributed by atoms with van der Waals surface area (Å²) in [6.45, 7) is 19.9. The van der Waals surface area contributed by atoms with Crippen LogP contribution in [0.4, 0.5) is 0 Å². The maximum absolute atomic E-state index is 2.43. The van der Waals surface area contributed by atoms with Gasteiger partial charge in [-0.15, -0.1) is 0 Å². The van der Waals surface area contributed by atoms with Crippen molar-refractivity contribution in [1.29, 1.82) is 0 Å². The molecule has 0 heteroatoms. The normalized spacial score (nSPS) is 31.1. The van der Waals surface area contributed by atoms with Crippen molar-refractivity contribution in [3.8, 4) is 0 Å². The van der Waals surface area contributed by atoms with Crippen molar-refractivity contribution >= 4 is 0 Å². The lowest BCUT2D eigenvalue weighted by atomic mass is 9.83. The van der Waals surface area contributed by atoms with E-state index in [0.717, 1.165) is 17.8 Å². The fraction of sp³-hybridized carbons (Fsp3) is 1.00. The minimum Gasteiger partial charge on any atom is -0.0683 e. The molecule has 3 aliphatic rings. The van der Waals surface area contributed by atoms with E-state index >= 15 is 0 Å². The third-order valence-corrected chi connectivity index (χ3v) is 5.59. The topological polar surface area (TPSA) is 0 Å². The number of fused-ring (bicyclic) bond motifs is 1. The molecule has 0 amide bonds. The van der Waals surface area contributed by atoms with Gasteiger partial charge in [-0.2, -0.15) is 0 Å². The zero-order valence-corrected chi connectivity index (χ0v) is 16.6. The van der Waals surface area contributed by atoms with Gasteiger partial charge in [-0.05, 0) is 67.1 Å². The molecule has 4 unspecified atom stereocenters. The van der Waals surface area contributed by atoms with Gasteiger partial charge >= 0.3 is 0 Å². The molecule has 0 bridgehead atoms. The SMILES string of the molecule is C1CC2CC12.CC.CC.CCC(C)(C)C1CC1CC(C)C. The minimum atomic E-state index is 0.611. The van der Waals surface area contributed by atoms with Crippen LogP contribution in [0.25, 0.3) is 0 Å². The van der Waals surface area contributed by atoms with Gasteiger partial charge in [-0.25, -0.2) is 0 Å². The second-order valence-corrected chi connectivity index (χ2v) is 7.91. The number of hydrogen-bond acceptors (Lipinski definition) is 0. The first kappa shape index (κ1) is 21.0. The van der Waals surface area contributed by atoms with Crippen LogP contribution in [0.15, 0.2) is 0 Å². The van der Waals surface area contributed by atoms with E-state index in [4.69, 9.17) is 0 Å². The molecule has 3 rings (SSSR count). The summed E-state index contributed by atoms with van der Waals surface area (Å²) < 4.78 is 0. The van der Waals surface area contributed by atoms with E-state index in [-0.39, 0.29) is 0 Å². The highest BCUT2D eigenvalue weighted by Gasteiger charge is 2.46.